The van der Waals surface area contributed by atoms with Crippen molar-refractivity contribution in [1.29, 1.82) is 0 Å². The van der Waals surface area contributed by atoms with Gasteiger partial charge in [-0.3, -0.25) is 0 Å². The van der Waals surface area contributed by atoms with Gasteiger partial charge >= 0.3 is 0 Å². The molecule has 0 bridgehead atoms. The van der Waals surface area contributed by atoms with Crippen molar-refractivity contribution in [1.82, 2.24) is 0 Å². The molecular formula is C17H26O3. The third-order valence-electron chi connectivity index (χ3n) is 3.92. The highest BCUT2D eigenvalue weighted by molar-refractivity contribution is 5.24. The molecule has 3 nitrogen and oxygen atoms in total. The molecular weight excluding hydrogens is 252 g/mol. The van der Waals surface area contributed by atoms with Crippen LogP contribution < -0.4 is 0 Å². The predicted molar refractivity (Wildman–Crippen MR) is 79.8 cm³/mol. The summed E-state index contributed by atoms with van der Waals surface area (Å²) in [5, 5.41) is 10.2. The predicted octanol–water partition coefficient (Wildman–Crippen LogP) is 3.26. The fraction of sp³-hybridized carbons (Fsp3) is 0.647. The third-order valence-corrected chi connectivity index (χ3v) is 3.92. The van der Waals surface area contributed by atoms with Crippen LogP contribution in [-0.4, -0.2) is 30.0 Å². The minimum atomic E-state index is -0.547. The summed E-state index contributed by atoms with van der Waals surface area (Å²) in [6.45, 7) is 6.63. The molecule has 2 rings (SSSR count). The number of aliphatic hydroxyl groups excluding tert-OH is 1. The molecule has 0 aromatic heterocycles. The van der Waals surface area contributed by atoms with Crippen LogP contribution in [0.3, 0.4) is 0 Å². The van der Waals surface area contributed by atoms with Gasteiger partial charge in [0.25, 0.3) is 0 Å². The van der Waals surface area contributed by atoms with Gasteiger partial charge in [0.2, 0.25) is 0 Å². The van der Waals surface area contributed by atoms with Crippen molar-refractivity contribution in [2.45, 2.75) is 64.4 Å². The van der Waals surface area contributed by atoms with Crippen LogP contribution in [-0.2, 0) is 15.9 Å². The molecule has 1 aliphatic heterocycles. The fourth-order valence-electron chi connectivity index (χ4n) is 2.78. The molecule has 112 valence electrons. The van der Waals surface area contributed by atoms with Gasteiger partial charge in [-0.05, 0) is 44.2 Å². The Bertz CT molecular complexity index is 391. The van der Waals surface area contributed by atoms with Crippen molar-refractivity contribution in [2.75, 3.05) is 6.61 Å². The first-order valence-corrected chi connectivity index (χ1v) is 7.62. The van der Waals surface area contributed by atoms with Crippen molar-refractivity contribution < 1.29 is 14.6 Å². The van der Waals surface area contributed by atoms with E-state index >= 15 is 0 Å². The van der Waals surface area contributed by atoms with Crippen LogP contribution in [0.1, 0.15) is 50.8 Å². The van der Waals surface area contributed by atoms with Gasteiger partial charge in [0.1, 0.15) is 6.10 Å². The van der Waals surface area contributed by atoms with Crippen molar-refractivity contribution in [2.24, 2.45) is 0 Å². The Labute approximate surface area is 121 Å². The summed E-state index contributed by atoms with van der Waals surface area (Å²) >= 11 is 0. The Hall–Kier alpha value is -0.900. The lowest BCUT2D eigenvalue weighted by atomic mass is 10.0. The standard InChI is InChI=1S/C17H26O3/c1-4-14-5-7-15(8-6-14)17(18)11-19-16-9-12(2)20-13(3)10-16/h5-8,12-13,16-18H,4,9-11H2,1-3H3. The summed E-state index contributed by atoms with van der Waals surface area (Å²) in [5.41, 5.74) is 2.21. The molecule has 1 saturated heterocycles. The molecule has 3 unspecified atom stereocenters. The minimum absolute atomic E-state index is 0.193. The van der Waals surface area contributed by atoms with Gasteiger partial charge in [-0.15, -0.1) is 0 Å². The second kappa shape index (κ2) is 7.21. The SMILES string of the molecule is CCc1ccc(C(O)COC2CC(C)OC(C)C2)cc1. The first kappa shape index (κ1) is 15.5. The van der Waals surface area contributed by atoms with Crippen molar-refractivity contribution in [3.05, 3.63) is 35.4 Å². The average molecular weight is 278 g/mol. The van der Waals surface area contributed by atoms with E-state index in [1.165, 1.54) is 5.56 Å². The van der Waals surface area contributed by atoms with Crippen LogP contribution in [0.2, 0.25) is 0 Å². The molecule has 0 aliphatic carbocycles. The lowest BCUT2D eigenvalue weighted by molar-refractivity contribution is -0.113. The third kappa shape index (κ3) is 4.30. The second-order valence-corrected chi connectivity index (χ2v) is 5.79. The lowest BCUT2D eigenvalue weighted by Crippen LogP contribution is -2.34. The molecule has 20 heavy (non-hydrogen) atoms. The van der Waals surface area contributed by atoms with E-state index in [4.69, 9.17) is 9.47 Å². The highest BCUT2D eigenvalue weighted by Crippen LogP contribution is 2.23. The molecule has 0 saturated carbocycles. The zero-order valence-corrected chi connectivity index (χ0v) is 12.7. The van der Waals surface area contributed by atoms with E-state index in [1.54, 1.807) is 0 Å². The maximum absolute atomic E-state index is 10.2. The topological polar surface area (TPSA) is 38.7 Å². The summed E-state index contributed by atoms with van der Waals surface area (Å²) in [6.07, 6.45) is 2.96. The molecule has 0 radical (unpaired) electrons. The Kier molecular flexibility index (Phi) is 5.58. The first-order chi connectivity index (χ1) is 9.58. The van der Waals surface area contributed by atoms with Crippen molar-refractivity contribution in [3.8, 4) is 0 Å². The van der Waals surface area contributed by atoms with Crippen LogP contribution in [0.15, 0.2) is 24.3 Å². The van der Waals surface area contributed by atoms with Gasteiger partial charge in [-0.25, -0.2) is 0 Å². The molecule has 1 heterocycles. The first-order valence-electron chi connectivity index (χ1n) is 7.62. The monoisotopic (exact) mass is 278 g/mol. The summed E-state index contributed by atoms with van der Waals surface area (Å²) in [4.78, 5) is 0. The molecule has 1 N–H and O–H groups in total. The van der Waals surface area contributed by atoms with Gasteiger partial charge in [-0.1, -0.05) is 31.2 Å². The number of benzene rings is 1. The van der Waals surface area contributed by atoms with E-state index < -0.39 is 6.10 Å². The zero-order valence-electron chi connectivity index (χ0n) is 12.7. The Morgan fingerprint density at radius 2 is 1.80 bits per heavy atom. The van der Waals surface area contributed by atoms with Gasteiger partial charge < -0.3 is 14.6 Å². The summed E-state index contributed by atoms with van der Waals surface area (Å²) in [5.74, 6) is 0. The molecule has 1 aromatic rings. The smallest absolute Gasteiger partial charge is 0.102 e. The van der Waals surface area contributed by atoms with E-state index in [-0.39, 0.29) is 18.3 Å². The minimum Gasteiger partial charge on any atom is -0.386 e. The molecule has 0 amide bonds. The van der Waals surface area contributed by atoms with Gasteiger partial charge in [-0.2, -0.15) is 0 Å². The van der Waals surface area contributed by atoms with Gasteiger partial charge in [0.15, 0.2) is 0 Å². The molecule has 3 atom stereocenters. The number of ether oxygens (including phenoxy) is 2. The maximum atomic E-state index is 10.2. The number of hydrogen-bond donors (Lipinski definition) is 1. The van der Waals surface area contributed by atoms with Crippen LogP contribution >= 0.6 is 0 Å². The van der Waals surface area contributed by atoms with E-state index in [0.717, 1.165) is 24.8 Å². The Morgan fingerprint density at radius 3 is 2.35 bits per heavy atom. The van der Waals surface area contributed by atoms with Crippen molar-refractivity contribution >= 4 is 0 Å². The number of rotatable bonds is 5. The zero-order chi connectivity index (χ0) is 14.5. The highest BCUT2D eigenvalue weighted by Gasteiger charge is 2.25. The van der Waals surface area contributed by atoms with Crippen LogP contribution in [0.4, 0.5) is 0 Å². The summed E-state index contributed by atoms with van der Waals surface area (Å²) in [6, 6.07) is 8.11. The normalized spacial score (nSPS) is 28.3. The van der Waals surface area contributed by atoms with Crippen LogP contribution in [0.25, 0.3) is 0 Å². The average Bonchev–Trinajstić information content (AvgIpc) is 2.44. The van der Waals surface area contributed by atoms with E-state index in [9.17, 15) is 5.11 Å². The number of hydrogen-bond acceptors (Lipinski definition) is 3. The summed E-state index contributed by atoms with van der Waals surface area (Å²) < 4.78 is 11.6. The number of aryl methyl sites for hydroxylation is 1. The fourth-order valence-corrected chi connectivity index (χ4v) is 2.78. The van der Waals surface area contributed by atoms with E-state index in [2.05, 4.69) is 32.9 Å². The largest absolute Gasteiger partial charge is 0.386 e. The van der Waals surface area contributed by atoms with E-state index in [0.29, 0.717) is 6.61 Å². The second-order valence-electron chi connectivity index (χ2n) is 5.79. The molecule has 1 aliphatic rings. The van der Waals surface area contributed by atoms with Gasteiger partial charge in [0.05, 0.1) is 24.9 Å². The van der Waals surface area contributed by atoms with E-state index in [1.807, 2.05) is 12.1 Å². The molecule has 1 fully saturated rings. The molecule has 0 spiro atoms. The molecule has 3 heteroatoms. The Morgan fingerprint density at radius 1 is 1.20 bits per heavy atom. The maximum Gasteiger partial charge on any atom is 0.102 e. The van der Waals surface area contributed by atoms with Crippen LogP contribution in [0, 0.1) is 0 Å². The quantitative estimate of drug-likeness (QED) is 0.898. The lowest BCUT2D eigenvalue weighted by Gasteiger charge is -2.32. The summed E-state index contributed by atoms with van der Waals surface area (Å²) in [7, 11) is 0. The van der Waals surface area contributed by atoms with Crippen LogP contribution in [0.5, 0.6) is 0 Å². The Balaban J connectivity index is 1.83. The van der Waals surface area contributed by atoms with Gasteiger partial charge in [0, 0.05) is 0 Å². The highest BCUT2D eigenvalue weighted by atomic mass is 16.5. The van der Waals surface area contributed by atoms with Crippen molar-refractivity contribution in [3.63, 3.8) is 0 Å². The number of aliphatic hydroxyl groups is 1. The molecule has 1 aromatic carbocycles.